The third-order valence-electron chi connectivity index (χ3n) is 2.61. The fourth-order valence-electron chi connectivity index (χ4n) is 1.73. The van der Waals surface area contributed by atoms with E-state index >= 15 is 0 Å². The van der Waals surface area contributed by atoms with Crippen LogP contribution in [0.25, 0.3) is 0 Å². The number of hydrogen-bond donors (Lipinski definition) is 3. The lowest BCUT2D eigenvalue weighted by Gasteiger charge is -2.31. The third kappa shape index (κ3) is 3.13. The number of aliphatic hydroxyl groups is 1. The lowest BCUT2D eigenvalue weighted by atomic mass is 9.97. The van der Waals surface area contributed by atoms with Gasteiger partial charge in [0.05, 0.1) is 0 Å². The van der Waals surface area contributed by atoms with Gasteiger partial charge in [0.25, 0.3) is 0 Å². The molecule has 78 valence electrons. The van der Waals surface area contributed by atoms with Gasteiger partial charge in [0, 0.05) is 30.5 Å². The van der Waals surface area contributed by atoms with Crippen LogP contribution in [-0.4, -0.2) is 41.3 Å². The molecule has 0 spiro atoms. The first-order valence-corrected chi connectivity index (χ1v) is 6.04. The second kappa shape index (κ2) is 5.20. The van der Waals surface area contributed by atoms with Gasteiger partial charge < -0.3 is 16.2 Å². The molecule has 0 amide bonds. The average molecular weight is 204 g/mol. The highest BCUT2D eigenvalue weighted by atomic mass is 32.2. The van der Waals surface area contributed by atoms with Gasteiger partial charge in [0.2, 0.25) is 0 Å². The molecular weight excluding hydrogens is 184 g/mol. The summed E-state index contributed by atoms with van der Waals surface area (Å²) in [6.07, 6.45) is 1.97. The Morgan fingerprint density at radius 1 is 1.69 bits per heavy atom. The summed E-state index contributed by atoms with van der Waals surface area (Å²) in [5, 5.41) is 12.3. The topological polar surface area (TPSA) is 58.3 Å². The van der Waals surface area contributed by atoms with Crippen molar-refractivity contribution < 1.29 is 5.11 Å². The van der Waals surface area contributed by atoms with Crippen LogP contribution in [0.3, 0.4) is 0 Å². The maximum absolute atomic E-state index is 8.79. The first-order chi connectivity index (χ1) is 6.22. The van der Waals surface area contributed by atoms with E-state index in [0.717, 1.165) is 18.6 Å². The van der Waals surface area contributed by atoms with Crippen molar-refractivity contribution in [3.63, 3.8) is 0 Å². The van der Waals surface area contributed by atoms with E-state index in [0.29, 0.717) is 12.6 Å². The number of nitrogens with one attached hydrogen (secondary N) is 1. The Bertz CT molecular complexity index is 149. The van der Waals surface area contributed by atoms with Crippen molar-refractivity contribution in [2.24, 2.45) is 5.73 Å². The van der Waals surface area contributed by atoms with E-state index in [1.54, 1.807) is 0 Å². The highest BCUT2D eigenvalue weighted by Gasteiger charge is 2.33. The summed E-state index contributed by atoms with van der Waals surface area (Å²) in [5.74, 6) is 2.31. The molecule has 4 N–H and O–H groups in total. The molecule has 1 aliphatic heterocycles. The number of rotatable bonds is 5. The molecule has 4 heteroatoms. The molecule has 0 saturated carbocycles. The molecule has 2 atom stereocenters. The maximum atomic E-state index is 8.79. The zero-order valence-corrected chi connectivity index (χ0v) is 9.07. The van der Waals surface area contributed by atoms with Crippen molar-refractivity contribution >= 4 is 11.8 Å². The molecule has 1 fully saturated rings. The zero-order chi connectivity index (χ0) is 9.73. The molecule has 0 aliphatic carbocycles. The fraction of sp³-hybridized carbons (Fsp3) is 1.00. The van der Waals surface area contributed by atoms with Crippen LogP contribution in [0.15, 0.2) is 0 Å². The van der Waals surface area contributed by atoms with Crippen molar-refractivity contribution in [3.8, 4) is 0 Å². The van der Waals surface area contributed by atoms with E-state index in [9.17, 15) is 0 Å². The highest BCUT2D eigenvalue weighted by Crippen LogP contribution is 2.27. The molecule has 0 aromatic heterocycles. The molecular formula is C9H20N2OS. The predicted molar refractivity (Wildman–Crippen MR) is 58.0 cm³/mol. The van der Waals surface area contributed by atoms with Gasteiger partial charge in [0.1, 0.15) is 0 Å². The summed E-state index contributed by atoms with van der Waals surface area (Å²) in [6.45, 7) is 3.06. The van der Waals surface area contributed by atoms with Gasteiger partial charge in [-0.05, 0) is 25.5 Å². The zero-order valence-electron chi connectivity index (χ0n) is 8.25. The minimum absolute atomic E-state index is 0.138. The fourth-order valence-corrected chi connectivity index (χ4v) is 3.15. The molecule has 1 saturated heterocycles. The van der Waals surface area contributed by atoms with Gasteiger partial charge in [0.15, 0.2) is 0 Å². The van der Waals surface area contributed by atoms with E-state index < -0.39 is 0 Å². The Morgan fingerprint density at radius 2 is 2.46 bits per heavy atom. The van der Waals surface area contributed by atoms with Crippen LogP contribution >= 0.6 is 11.8 Å². The van der Waals surface area contributed by atoms with Crippen LogP contribution < -0.4 is 11.1 Å². The van der Waals surface area contributed by atoms with Gasteiger partial charge in [-0.15, -0.1) is 0 Å². The standard InChI is InChI=1S/C9H20N2OS/c1-8(2-4-12)11-9(6-10)3-5-13-7-9/h8,11-12H,2-7,10H2,1H3. The highest BCUT2D eigenvalue weighted by molar-refractivity contribution is 7.99. The smallest absolute Gasteiger partial charge is 0.0445 e. The average Bonchev–Trinajstić information content (AvgIpc) is 2.54. The first-order valence-electron chi connectivity index (χ1n) is 4.89. The molecule has 0 aromatic rings. The lowest BCUT2D eigenvalue weighted by molar-refractivity contribution is 0.245. The Morgan fingerprint density at radius 3 is 2.92 bits per heavy atom. The van der Waals surface area contributed by atoms with E-state index in [1.165, 1.54) is 5.75 Å². The van der Waals surface area contributed by atoms with Crippen LogP contribution in [0.5, 0.6) is 0 Å². The number of thioether (sulfide) groups is 1. The normalized spacial score (nSPS) is 30.7. The molecule has 0 aromatic carbocycles. The minimum Gasteiger partial charge on any atom is -0.396 e. The quantitative estimate of drug-likeness (QED) is 0.598. The summed E-state index contributed by atoms with van der Waals surface area (Å²) in [5.41, 5.74) is 5.91. The van der Waals surface area contributed by atoms with Crippen LogP contribution in [0.2, 0.25) is 0 Å². The first kappa shape index (κ1) is 11.3. The molecule has 2 unspecified atom stereocenters. The Balaban J connectivity index is 2.38. The van der Waals surface area contributed by atoms with Crippen molar-refractivity contribution in [2.45, 2.75) is 31.3 Å². The Hall–Kier alpha value is 0.230. The van der Waals surface area contributed by atoms with E-state index in [2.05, 4.69) is 12.2 Å². The van der Waals surface area contributed by atoms with Crippen LogP contribution in [0, 0.1) is 0 Å². The number of nitrogens with two attached hydrogens (primary N) is 1. The lowest BCUT2D eigenvalue weighted by Crippen LogP contribution is -2.54. The molecule has 0 bridgehead atoms. The second-order valence-corrected chi connectivity index (χ2v) is 4.95. The van der Waals surface area contributed by atoms with Gasteiger partial charge >= 0.3 is 0 Å². The van der Waals surface area contributed by atoms with Gasteiger partial charge in [-0.3, -0.25) is 0 Å². The summed E-state index contributed by atoms with van der Waals surface area (Å²) in [7, 11) is 0. The summed E-state index contributed by atoms with van der Waals surface area (Å²) >= 11 is 1.96. The van der Waals surface area contributed by atoms with Crippen LogP contribution in [0.1, 0.15) is 19.8 Å². The monoisotopic (exact) mass is 204 g/mol. The van der Waals surface area contributed by atoms with Crippen molar-refractivity contribution in [3.05, 3.63) is 0 Å². The maximum Gasteiger partial charge on any atom is 0.0445 e. The Labute approximate surface area is 84.5 Å². The molecule has 0 radical (unpaired) electrons. The van der Waals surface area contributed by atoms with Gasteiger partial charge in [-0.25, -0.2) is 0 Å². The number of aliphatic hydroxyl groups excluding tert-OH is 1. The van der Waals surface area contributed by atoms with E-state index in [4.69, 9.17) is 10.8 Å². The second-order valence-electron chi connectivity index (χ2n) is 3.84. The largest absolute Gasteiger partial charge is 0.396 e. The summed E-state index contributed by atoms with van der Waals surface area (Å²) < 4.78 is 0. The van der Waals surface area contributed by atoms with Crippen LogP contribution in [0.4, 0.5) is 0 Å². The molecule has 1 heterocycles. The SMILES string of the molecule is CC(CCO)NC1(CN)CCSC1. The molecule has 3 nitrogen and oxygen atoms in total. The third-order valence-corrected chi connectivity index (χ3v) is 3.86. The van der Waals surface area contributed by atoms with Crippen molar-refractivity contribution in [2.75, 3.05) is 24.7 Å². The molecule has 13 heavy (non-hydrogen) atoms. The van der Waals surface area contributed by atoms with Crippen molar-refractivity contribution in [1.82, 2.24) is 5.32 Å². The summed E-state index contributed by atoms with van der Waals surface area (Å²) in [4.78, 5) is 0. The summed E-state index contributed by atoms with van der Waals surface area (Å²) in [6, 6.07) is 0.368. The minimum atomic E-state index is 0.138. The van der Waals surface area contributed by atoms with Gasteiger partial charge in [-0.1, -0.05) is 0 Å². The van der Waals surface area contributed by atoms with Gasteiger partial charge in [-0.2, -0.15) is 11.8 Å². The molecule has 1 rings (SSSR count). The molecule has 1 aliphatic rings. The van der Waals surface area contributed by atoms with E-state index in [-0.39, 0.29) is 12.1 Å². The predicted octanol–water partition coefficient (Wildman–Crippen LogP) is 0.181. The van der Waals surface area contributed by atoms with Crippen LogP contribution in [-0.2, 0) is 0 Å². The van der Waals surface area contributed by atoms with E-state index in [1.807, 2.05) is 11.8 Å². The van der Waals surface area contributed by atoms with Crippen molar-refractivity contribution in [1.29, 1.82) is 0 Å². The number of hydrogen-bond acceptors (Lipinski definition) is 4. The Kier molecular flexibility index (Phi) is 4.52.